The van der Waals surface area contributed by atoms with Gasteiger partial charge in [0.05, 0.1) is 23.2 Å². The third kappa shape index (κ3) is 2.22. The van der Waals surface area contributed by atoms with E-state index in [1.807, 2.05) is 29.7 Å². The van der Waals surface area contributed by atoms with Gasteiger partial charge in [0.25, 0.3) is 0 Å². The van der Waals surface area contributed by atoms with Crippen molar-refractivity contribution in [3.8, 4) is 0 Å². The lowest BCUT2D eigenvalue weighted by atomic mass is 10.2. The Balaban J connectivity index is 2.63. The number of nitrogens with zero attached hydrogens (tertiary/aromatic N) is 2. The van der Waals surface area contributed by atoms with E-state index in [2.05, 4.69) is 20.9 Å². The molecule has 0 spiro atoms. The molecule has 4 nitrogen and oxygen atoms in total. The average molecular weight is 298 g/mol. The number of aryl methyl sites for hydroxylation is 1. The highest BCUT2D eigenvalue weighted by Crippen LogP contribution is 2.24. The summed E-state index contributed by atoms with van der Waals surface area (Å²) in [7, 11) is 0. The van der Waals surface area contributed by atoms with Crippen LogP contribution in [0.2, 0.25) is 0 Å². The Kier molecular flexibility index (Phi) is 3.51. The standard InChI is InChI=1S/C12H16BrN3O/c1-3-16-10-5-4-8(13)6-9(10)15-12(16)11(14)7(2)17/h4-7,11,17H,3,14H2,1-2H3. The Morgan fingerprint density at radius 1 is 1.53 bits per heavy atom. The maximum absolute atomic E-state index is 9.59. The first-order valence-corrected chi connectivity index (χ1v) is 6.43. The quantitative estimate of drug-likeness (QED) is 0.913. The molecule has 2 atom stereocenters. The molecule has 0 bridgehead atoms. The van der Waals surface area contributed by atoms with Gasteiger partial charge in [-0.3, -0.25) is 0 Å². The second kappa shape index (κ2) is 4.76. The van der Waals surface area contributed by atoms with E-state index in [4.69, 9.17) is 5.73 Å². The molecule has 2 aromatic rings. The zero-order valence-electron chi connectivity index (χ0n) is 9.89. The van der Waals surface area contributed by atoms with Crippen LogP contribution in [0.3, 0.4) is 0 Å². The van der Waals surface area contributed by atoms with Crippen molar-refractivity contribution in [2.75, 3.05) is 0 Å². The molecule has 0 amide bonds. The van der Waals surface area contributed by atoms with Gasteiger partial charge >= 0.3 is 0 Å². The number of nitrogens with two attached hydrogens (primary N) is 1. The molecule has 0 aliphatic rings. The van der Waals surface area contributed by atoms with Crippen LogP contribution in [0.25, 0.3) is 11.0 Å². The molecule has 0 aliphatic heterocycles. The lowest BCUT2D eigenvalue weighted by Gasteiger charge is -2.15. The Bertz CT molecular complexity index is 536. The van der Waals surface area contributed by atoms with E-state index in [1.54, 1.807) is 6.92 Å². The Morgan fingerprint density at radius 2 is 2.24 bits per heavy atom. The first-order chi connectivity index (χ1) is 8.04. The van der Waals surface area contributed by atoms with Crippen LogP contribution in [0.4, 0.5) is 0 Å². The summed E-state index contributed by atoms with van der Waals surface area (Å²) < 4.78 is 3.03. The normalized spacial score (nSPS) is 15.1. The minimum Gasteiger partial charge on any atom is -0.391 e. The minimum absolute atomic E-state index is 0.457. The van der Waals surface area contributed by atoms with Crippen molar-refractivity contribution in [1.29, 1.82) is 0 Å². The summed E-state index contributed by atoms with van der Waals surface area (Å²) >= 11 is 3.42. The van der Waals surface area contributed by atoms with Crippen molar-refractivity contribution in [3.05, 3.63) is 28.5 Å². The van der Waals surface area contributed by atoms with Crippen LogP contribution in [0.15, 0.2) is 22.7 Å². The Hall–Kier alpha value is -0.910. The second-order valence-electron chi connectivity index (χ2n) is 4.11. The van der Waals surface area contributed by atoms with Gasteiger partial charge < -0.3 is 15.4 Å². The summed E-state index contributed by atoms with van der Waals surface area (Å²) in [5, 5.41) is 9.59. The second-order valence-corrected chi connectivity index (χ2v) is 5.03. The monoisotopic (exact) mass is 297 g/mol. The molecule has 0 fully saturated rings. The van der Waals surface area contributed by atoms with Gasteiger partial charge in [0.1, 0.15) is 5.82 Å². The molecule has 17 heavy (non-hydrogen) atoms. The number of rotatable bonds is 3. The number of halogens is 1. The smallest absolute Gasteiger partial charge is 0.129 e. The summed E-state index contributed by atoms with van der Waals surface area (Å²) in [6.45, 7) is 4.51. The predicted molar refractivity (Wildman–Crippen MR) is 71.7 cm³/mol. The van der Waals surface area contributed by atoms with Crippen molar-refractivity contribution in [1.82, 2.24) is 9.55 Å². The molecule has 2 rings (SSSR count). The van der Waals surface area contributed by atoms with Gasteiger partial charge in [-0.2, -0.15) is 0 Å². The maximum atomic E-state index is 9.59. The summed E-state index contributed by atoms with van der Waals surface area (Å²) in [5.74, 6) is 0.732. The maximum Gasteiger partial charge on any atom is 0.129 e. The predicted octanol–water partition coefficient (Wildman–Crippen LogP) is 2.20. The van der Waals surface area contributed by atoms with Crippen LogP contribution in [0, 0.1) is 0 Å². The summed E-state index contributed by atoms with van der Waals surface area (Å²) in [6.07, 6.45) is -0.611. The highest BCUT2D eigenvalue weighted by atomic mass is 79.9. The lowest BCUT2D eigenvalue weighted by molar-refractivity contribution is 0.159. The van der Waals surface area contributed by atoms with E-state index in [1.165, 1.54) is 0 Å². The molecule has 5 heteroatoms. The first kappa shape index (κ1) is 12.5. The van der Waals surface area contributed by atoms with Crippen LogP contribution >= 0.6 is 15.9 Å². The highest BCUT2D eigenvalue weighted by molar-refractivity contribution is 9.10. The SMILES string of the molecule is CCn1c(C(N)C(C)O)nc2cc(Br)ccc21. The molecule has 0 saturated carbocycles. The fourth-order valence-corrected chi connectivity index (χ4v) is 2.27. The van der Waals surface area contributed by atoms with E-state index < -0.39 is 12.1 Å². The van der Waals surface area contributed by atoms with Crippen molar-refractivity contribution < 1.29 is 5.11 Å². The number of imidazole rings is 1. The van der Waals surface area contributed by atoms with Gasteiger partial charge in [-0.15, -0.1) is 0 Å². The number of aliphatic hydroxyl groups excluding tert-OH is 1. The molecule has 2 unspecified atom stereocenters. The number of hydrogen-bond acceptors (Lipinski definition) is 3. The van der Waals surface area contributed by atoms with Crippen LogP contribution in [-0.4, -0.2) is 20.8 Å². The van der Waals surface area contributed by atoms with Crippen molar-refractivity contribution in [2.24, 2.45) is 5.73 Å². The minimum atomic E-state index is -0.611. The molecule has 1 aromatic heterocycles. The van der Waals surface area contributed by atoms with Gasteiger partial charge in [-0.25, -0.2) is 4.98 Å². The van der Waals surface area contributed by atoms with E-state index >= 15 is 0 Å². The van der Waals surface area contributed by atoms with E-state index in [0.717, 1.165) is 27.9 Å². The molecule has 92 valence electrons. The number of benzene rings is 1. The Morgan fingerprint density at radius 3 is 2.82 bits per heavy atom. The summed E-state index contributed by atoms with van der Waals surface area (Å²) in [6, 6.07) is 5.49. The van der Waals surface area contributed by atoms with Crippen LogP contribution in [0.5, 0.6) is 0 Å². The summed E-state index contributed by atoms with van der Waals surface area (Å²) in [5.41, 5.74) is 7.91. The molecular weight excluding hydrogens is 282 g/mol. The molecule has 0 saturated heterocycles. The third-order valence-corrected chi connectivity index (χ3v) is 3.37. The molecule has 1 aromatic carbocycles. The molecule has 1 heterocycles. The van der Waals surface area contributed by atoms with Crippen LogP contribution in [0.1, 0.15) is 25.7 Å². The topological polar surface area (TPSA) is 64.1 Å². The molecular formula is C12H16BrN3O. The Labute approximate surface area is 109 Å². The van der Waals surface area contributed by atoms with Gasteiger partial charge in [0, 0.05) is 11.0 Å². The van der Waals surface area contributed by atoms with E-state index in [9.17, 15) is 5.11 Å². The molecule has 0 aliphatic carbocycles. The lowest BCUT2D eigenvalue weighted by Crippen LogP contribution is -2.26. The van der Waals surface area contributed by atoms with Gasteiger partial charge in [0.2, 0.25) is 0 Å². The molecule has 0 radical (unpaired) electrons. The zero-order valence-corrected chi connectivity index (χ0v) is 11.5. The fraction of sp³-hybridized carbons (Fsp3) is 0.417. The van der Waals surface area contributed by atoms with Crippen molar-refractivity contribution in [3.63, 3.8) is 0 Å². The average Bonchev–Trinajstić information content (AvgIpc) is 2.64. The number of fused-ring (bicyclic) bond motifs is 1. The number of hydrogen-bond donors (Lipinski definition) is 2. The third-order valence-electron chi connectivity index (χ3n) is 2.87. The van der Waals surface area contributed by atoms with Crippen LogP contribution in [-0.2, 0) is 6.54 Å². The molecule has 3 N–H and O–H groups in total. The van der Waals surface area contributed by atoms with Crippen molar-refractivity contribution in [2.45, 2.75) is 32.5 Å². The first-order valence-electron chi connectivity index (χ1n) is 5.64. The summed E-state index contributed by atoms with van der Waals surface area (Å²) in [4.78, 5) is 4.51. The fourth-order valence-electron chi connectivity index (χ4n) is 1.92. The van der Waals surface area contributed by atoms with E-state index in [-0.39, 0.29) is 0 Å². The number of aromatic nitrogens is 2. The van der Waals surface area contributed by atoms with Gasteiger partial charge in [-0.05, 0) is 32.0 Å². The highest BCUT2D eigenvalue weighted by Gasteiger charge is 2.20. The van der Waals surface area contributed by atoms with Crippen LogP contribution < -0.4 is 5.73 Å². The zero-order chi connectivity index (χ0) is 12.6. The van der Waals surface area contributed by atoms with Gasteiger partial charge in [0.15, 0.2) is 0 Å². The van der Waals surface area contributed by atoms with Crippen molar-refractivity contribution >= 4 is 27.0 Å². The number of aliphatic hydroxyl groups is 1. The largest absolute Gasteiger partial charge is 0.391 e. The van der Waals surface area contributed by atoms with E-state index in [0.29, 0.717) is 0 Å². The van der Waals surface area contributed by atoms with Gasteiger partial charge in [-0.1, -0.05) is 15.9 Å².